The van der Waals surface area contributed by atoms with Crippen LogP contribution in [0.2, 0.25) is 0 Å². The van der Waals surface area contributed by atoms with Crippen molar-refractivity contribution in [3.8, 4) is 11.5 Å². The number of benzene rings is 1. The number of carbonyl (C=O) groups is 2. The van der Waals surface area contributed by atoms with Crippen molar-refractivity contribution in [1.82, 2.24) is 5.32 Å². The Labute approximate surface area is 160 Å². The van der Waals surface area contributed by atoms with Gasteiger partial charge in [-0.3, -0.25) is 0 Å². The summed E-state index contributed by atoms with van der Waals surface area (Å²) in [5.74, 6) is -0.0204. The molecule has 1 aliphatic heterocycles. The zero-order chi connectivity index (χ0) is 19.1. The van der Waals surface area contributed by atoms with Crippen molar-refractivity contribution in [2.45, 2.75) is 51.4 Å². The van der Waals surface area contributed by atoms with Crippen molar-refractivity contribution in [1.29, 1.82) is 0 Å². The Balaban J connectivity index is 1.79. The van der Waals surface area contributed by atoms with Crippen molar-refractivity contribution in [3.05, 3.63) is 21.7 Å². The second-order valence-electron chi connectivity index (χ2n) is 6.90. The smallest absolute Gasteiger partial charge is 0.404 e. The van der Waals surface area contributed by atoms with E-state index in [0.29, 0.717) is 27.1 Å². The van der Waals surface area contributed by atoms with E-state index in [0.717, 1.165) is 25.7 Å². The Morgan fingerprint density at radius 2 is 1.88 bits per heavy atom. The quantitative estimate of drug-likeness (QED) is 0.711. The van der Waals surface area contributed by atoms with Gasteiger partial charge in [-0.15, -0.1) is 0 Å². The maximum atomic E-state index is 12.0. The normalized spacial score (nSPS) is 27.1. The van der Waals surface area contributed by atoms with E-state index >= 15 is 0 Å². The fraction of sp³-hybridized carbons (Fsp3) is 0.556. The van der Waals surface area contributed by atoms with E-state index in [2.05, 4.69) is 21.2 Å². The number of hydrogen-bond donors (Lipinski definition) is 2. The number of fused-ring (bicyclic) bond motifs is 1. The zero-order valence-corrected chi connectivity index (χ0v) is 16.5. The van der Waals surface area contributed by atoms with Crippen molar-refractivity contribution in [2.24, 2.45) is 5.92 Å². The molecule has 1 aromatic rings. The molecular formula is C18H22BrNO6. The number of carbonyl (C=O) groups excluding carboxylic acids is 1. The lowest BCUT2D eigenvalue weighted by atomic mass is 9.81. The average molecular weight is 428 g/mol. The van der Waals surface area contributed by atoms with Crippen LogP contribution in [0.25, 0.3) is 0 Å². The van der Waals surface area contributed by atoms with Gasteiger partial charge < -0.3 is 24.6 Å². The van der Waals surface area contributed by atoms with E-state index in [-0.39, 0.29) is 12.0 Å². The minimum atomic E-state index is -0.990. The minimum absolute atomic E-state index is 0.0319. The van der Waals surface area contributed by atoms with Gasteiger partial charge in [0.2, 0.25) is 0 Å². The standard InChI is InChI=1S/C18H22BrNO6/c1-9-12(16(21)24-3)8-13(19)15-14(9)25-18(2,26-15)10-4-6-11(7-5-10)20-17(22)23/h8,10-11,20H,4-7H2,1-3H3,(H,22,23). The molecule has 0 aromatic heterocycles. The van der Waals surface area contributed by atoms with Crippen molar-refractivity contribution >= 4 is 28.0 Å². The summed E-state index contributed by atoms with van der Waals surface area (Å²) in [6.45, 7) is 3.70. The number of carboxylic acid groups (broad SMARTS) is 1. The molecule has 1 aliphatic carbocycles. The van der Waals surface area contributed by atoms with Gasteiger partial charge in [-0.25, -0.2) is 9.59 Å². The van der Waals surface area contributed by atoms with Crippen LogP contribution in [0.4, 0.5) is 4.79 Å². The minimum Gasteiger partial charge on any atom is -0.465 e. The third-order valence-corrected chi connectivity index (χ3v) is 5.84. The summed E-state index contributed by atoms with van der Waals surface area (Å²) >= 11 is 3.45. The highest BCUT2D eigenvalue weighted by Gasteiger charge is 2.47. The molecule has 1 saturated carbocycles. The van der Waals surface area contributed by atoms with Gasteiger partial charge in [-0.05, 0) is 54.6 Å². The molecule has 0 saturated heterocycles. The maximum absolute atomic E-state index is 12.0. The van der Waals surface area contributed by atoms with Crippen LogP contribution in [0.5, 0.6) is 11.5 Å². The van der Waals surface area contributed by atoms with Crippen LogP contribution in [0, 0.1) is 12.8 Å². The third-order valence-electron chi connectivity index (χ3n) is 5.25. The van der Waals surface area contributed by atoms with E-state index in [1.54, 1.807) is 13.0 Å². The van der Waals surface area contributed by atoms with Crippen molar-refractivity contribution in [2.75, 3.05) is 7.11 Å². The third kappa shape index (κ3) is 3.34. The number of amides is 1. The second-order valence-corrected chi connectivity index (χ2v) is 7.75. The predicted molar refractivity (Wildman–Crippen MR) is 96.8 cm³/mol. The molecule has 1 heterocycles. The van der Waals surface area contributed by atoms with Gasteiger partial charge in [0.25, 0.3) is 5.79 Å². The van der Waals surface area contributed by atoms with Crippen molar-refractivity contribution < 1.29 is 28.9 Å². The zero-order valence-electron chi connectivity index (χ0n) is 14.9. The van der Waals surface area contributed by atoms with E-state index in [9.17, 15) is 9.59 Å². The van der Waals surface area contributed by atoms with Gasteiger partial charge >= 0.3 is 12.1 Å². The molecule has 1 fully saturated rings. The van der Waals surface area contributed by atoms with Crippen molar-refractivity contribution in [3.63, 3.8) is 0 Å². The van der Waals surface area contributed by atoms with Gasteiger partial charge in [-0.1, -0.05) is 0 Å². The molecule has 0 spiro atoms. The van der Waals surface area contributed by atoms with Crippen LogP contribution in [0.3, 0.4) is 0 Å². The first-order valence-corrected chi connectivity index (χ1v) is 9.33. The molecule has 26 heavy (non-hydrogen) atoms. The summed E-state index contributed by atoms with van der Waals surface area (Å²) in [7, 11) is 1.34. The average Bonchev–Trinajstić information content (AvgIpc) is 2.97. The molecule has 1 aromatic carbocycles. The summed E-state index contributed by atoms with van der Waals surface area (Å²) in [6.07, 6.45) is 2.06. The van der Waals surface area contributed by atoms with Crippen LogP contribution in [0.15, 0.2) is 10.5 Å². The maximum Gasteiger partial charge on any atom is 0.404 e. The summed E-state index contributed by atoms with van der Waals surface area (Å²) in [5, 5.41) is 11.4. The van der Waals surface area contributed by atoms with Crippen LogP contribution in [-0.4, -0.2) is 36.1 Å². The van der Waals surface area contributed by atoms with E-state index < -0.39 is 17.8 Å². The SMILES string of the molecule is COC(=O)c1cc(Br)c2c(c1C)OC(C)(C1CCC(NC(=O)O)CC1)O2. The first kappa shape index (κ1) is 18.8. The Kier molecular flexibility index (Phi) is 5.05. The first-order valence-electron chi connectivity index (χ1n) is 8.54. The number of ether oxygens (including phenoxy) is 3. The predicted octanol–water partition coefficient (Wildman–Crippen LogP) is 3.86. The topological polar surface area (TPSA) is 94.1 Å². The summed E-state index contributed by atoms with van der Waals surface area (Å²) in [6, 6.07) is 1.65. The molecule has 3 rings (SSSR count). The molecule has 2 aliphatic rings. The number of rotatable bonds is 3. The van der Waals surface area contributed by atoms with E-state index in [1.807, 2.05) is 6.92 Å². The molecule has 1 atom stereocenters. The second kappa shape index (κ2) is 6.98. The summed E-state index contributed by atoms with van der Waals surface area (Å²) in [5.41, 5.74) is 1.11. The fourth-order valence-electron chi connectivity index (χ4n) is 3.77. The van der Waals surface area contributed by atoms with Crippen LogP contribution in [-0.2, 0) is 4.74 Å². The van der Waals surface area contributed by atoms with Crippen LogP contribution < -0.4 is 14.8 Å². The molecule has 142 valence electrons. The highest BCUT2D eigenvalue weighted by Crippen LogP contribution is 2.51. The van der Waals surface area contributed by atoms with Gasteiger partial charge in [0.1, 0.15) is 0 Å². The number of esters is 1. The Morgan fingerprint density at radius 3 is 2.46 bits per heavy atom. The van der Waals surface area contributed by atoms with Gasteiger partial charge in [0.05, 0.1) is 17.1 Å². The van der Waals surface area contributed by atoms with Crippen LogP contribution in [0.1, 0.15) is 48.5 Å². The lowest BCUT2D eigenvalue weighted by Crippen LogP contribution is -2.47. The van der Waals surface area contributed by atoms with Gasteiger partial charge in [0, 0.05) is 24.4 Å². The number of nitrogens with one attached hydrogen (secondary N) is 1. The molecular weight excluding hydrogens is 406 g/mol. The molecule has 2 N–H and O–H groups in total. The number of halogens is 1. The molecule has 1 amide bonds. The monoisotopic (exact) mass is 427 g/mol. The van der Waals surface area contributed by atoms with Gasteiger partial charge in [0.15, 0.2) is 11.5 Å². The largest absolute Gasteiger partial charge is 0.465 e. The highest BCUT2D eigenvalue weighted by atomic mass is 79.9. The Bertz CT molecular complexity index is 744. The van der Waals surface area contributed by atoms with Crippen LogP contribution >= 0.6 is 15.9 Å². The number of hydrogen-bond acceptors (Lipinski definition) is 5. The number of methoxy groups -OCH3 is 1. The highest BCUT2D eigenvalue weighted by molar-refractivity contribution is 9.10. The Hall–Kier alpha value is -1.96. The molecule has 0 bridgehead atoms. The first-order chi connectivity index (χ1) is 12.2. The summed E-state index contributed by atoms with van der Waals surface area (Å²) in [4.78, 5) is 22.8. The molecule has 7 nitrogen and oxygen atoms in total. The summed E-state index contributed by atoms with van der Waals surface area (Å²) < 4.78 is 17.8. The van der Waals surface area contributed by atoms with E-state index in [4.69, 9.17) is 19.3 Å². The molecule has 0 radical (unpaired) electrons. The molecule has 1 unspecified atom stereocenters. The molecule has 8 heteroatoms. The Morgan fingerprint density at radius 1 is 1.27 bits per heavy atom. The lowest BCUT2D eigenvalue weighted by Gasteiger charge is -2.37. The fourth-order valence-corrected chi connectivity index (χ4v) is 4.26. The van der Waals surface area contributed by atoms with E-state index in [1.165, 1.54) is 7.11 Å². The van der Waals surface area contributed by atoms with Gasteiger partial charge in [-0.2, -0.15) is 0 Å². The lowest BCUT2D eigenvalue weighted by molar-refractivity contribution is -0.121.